The van der Waals surface area contributed by atoms with Crippen LogP contribution < -0.4 is 10.0 Å². The van der Waals surface area contributed by atoms with Gasteiger partial charge < -0.3 is 9.88 Å². The van der Waals surface area contributed by atoms with E-state index in [2.05, 4.69) is 16.0 Å². The molecule has 0 spiro atoms. The van der Waals surface area contributed by atoms with Gasteiger partial charge in [-0.25, -0.2) is 13.1 Å². The van der Waals surface area contributed by atoms with Gasteiger partial charge >= 0.3 is 0 Å². The maximum atomic E-state index is 12.7. The lowest BCUT2D eigenvalue weighted by Gasteiger charge is -2.32. The molecule has 2 N–H and O–H groups in total. The Balaban J connectivity index is 2.05. The second kappa shape index (κ2) is 11.3. The number of likely N-dealkylation sites (tertiary alicyclic amines) is 1. The van der Waals surface area contributed by atoms with E-state index in [9.17, 15) is 22.6 Å². The molecule has 0 aliphatic carbocycles. The first kappa shape index (κ1) is 26.4. The van der Waals surface area contributed by atoms with Gasteiger partial charge in [0.2, 0.25) is 0 Å². The Morgan fingerprint density at radius 1 is 1.31 bits per heavy atom. The molecule has 0 saturated carbocycles. The Morgan fingerprint density at radius 3 is 2.66 bits per heavy atom. The molecule has 1 aromatic carbocycles. The molecule has 1 aliphatic rings. The van der Waals surface area contributed by atoms with Crippen molar-refractivity contribution in [3.8, 4) is 12.3 Å². The van der Waals surface area contributed by atoms with Crippen LogP contribution in [-0.2, 0) is 19.4 Å². The van der Waals surface area contributed by atoms with Crippen LogP contribution >= 0.6 is 18.7 Å². The molecule has 32 heavy (non-hydrogen) atoms. The van der Waals surface area contributed by atoms with E-state index in [4.69, 9.17) is 18.0 Å². The van der Waals surface area contributed by atoms with E-state index in [1.165, 1.54) is 12.1 Å². The fourth-order valence-electron chi connectivity index (χ4n) is 3.46. The van der Waals surface area contributed by atoms with Gasteiger partial charge in [-0.2, -0.15) is 0 Å². The van der Waals surface area contributed by atoms with Gasteiger partial charge in [0.1, 0.15) is 0 Å². The van der Waals surface area contributed by atoms with E-state index in [1.807, 2.05) is 0 Å². The van der Waals surface area contributed by atoms with Gasteiger partial charge in [0.15, 0.2) is 0 Å². The average molecular weight is 502 g/mol. The van der Waals surface area contributed by atoms with Crippen molar-refractivity contribution in [2.75, 3.05) is 39.1 Å². The fraction of sp³-hybridized carbons (Fsp3) is 0.524. The molecule has 1 unspecified atom stereocenters. The standard InChI is InChI=1S/C21H29ClN3O5PS/c1-4-12-25-13-6-5-8-19(25)21(27)24-32(29,30)16-9-10-17(18(22)15-16)20(26)23-11-7-14-31(2,3)28/h1,9-10,15,19H,5-8,11-14H2,2-3H3,(H,23,26)(H,24,27). The highest BCUT2D eigenvalue weighted by Gasteiger charge is 2.31. The molecule has 1 fully saturated rings. The zero-order chi connectivity index (χ0) is 23.9. The highest BCUT2D eigenvalue weighted by atomic mass is 35.5. The normalized spacial score (nSPS) is 17.4. The Labute approximate surface area is 194 Å². The molecule has 1 saturated heterocycles. The number of carbonyl (C=O) groups excluding carboxylic acids is 2. The van der Waals surface area contributed by atoms with Crippen LogP contribution in [0.4, 0.5) is 0 Å². The Hall–Kier alpha value is -1.85. The molecule has 1 heterocycles. The lowest BCUT2D eigenvalue weighted by molar-refractivity contribution is -0.125. The van der Waals surface area contributed by atoms with Crippen molar-refractivity contribution < 1.29 is 22.6 Å². The second-order valence-corrected chi connectivity index (χ2v) is 13.9. The summed E-state index contributed by atoms with van der Waals surface area (Å²) in [6.45, 7) is 4.59. The molecule has 2 rings (SSSR count). The SMILES string of the molecule is C#CCN1CCCCC1C(=O)NS(=O)(=O)c1ccc(C(=O)NCCCP(C)(C)=O)c(Cl)c1. The number of terminal acetylenes is 1. The maximum Gasteiger partial charge on any atom is 0.264 e. The molecule has 1 atom stereocenters. The van der Waals surface area contributed by atoms with Crippen LogP contribution in [0.2, 0.25) is 5.02 Å². The summed E-state index contributed by atoms with van der Waals surface area (Å²) in [5, 5.41) is 2.62. The number of nitrogens with one attached hydrogen (secondary N) is 2. The second-order valence-electron chi connectivity index (χ2n) is 8.20. The monoisotopic (exact) mass is 501 g/mol. The van der Waals surface area contributed by atoms with E-state index in [1.54, 1.807) is 18.2 Å². The third kappa shape index (κ3) is 7.63. The van der Waals surface area contributed by atoms with Gasteiger partial charge in [0, 0.05) is 12.7 Å². The van der Waals surface area contributed by atoms with Gasteiger partial charge in [-0.05, 0) is 57.3 Å². The predicted molar refractivity (Wildman–Crippen MR) is 126 cm³/mol. The van der Waals surface area contributed by atoms with Crippen LogP contribution in [0.25, 0.3) is 0 Å². The number of amides is 2. The zero-order valence-corrected chi connectivity index (χ0v) is 20.7. The lowest BCUT2D eigenvalue weighted by Crippen LogP contribution is -2.50. The lowest BCUT2D eigenvalue weighted by atomic mass is 10.0. The third-order valence-corrected chi connectivity index (χ3v) is 8.15. The maximum absolute atomic E-state index is 12.7. The zero-order valence-electron chi connectivity index (χ0n) is 18.3. The molecule has 0 aromatic heterocycles. The van der Waals surface area contributed by atoms with Crippen molar-refractivity contribution in [1.29, 1.82) is 0 Å². The minimum Gasteiger partial charge on any atom is -0.352 e. The number of hydrogen-bond donors (Lipinski definition) is 2. The van der Waals surface area contributed by atoms with Crippen LogP contribution in [0.1, 0.15) is 36.0 Å². The number of piperidine rings is 1. The topological polar surface area (TPSA) is 113 Å². The van der Waals surface area contributed by atoms with Crippen molar-refractivity contribution in [2.45, 2.75) is 36.6 Å². The minimum absolute atomic E-state index is 0.0545. The van der Waals surface area contributed by atoms with Gasteiger partial charge in [-0.15, -0.1) is 6.42 Å². The number of hydrogen-bond acceptors (Lipinski definition) is 6. The summed E-state index contributed by atoms with van der Waals surface area (Å²) in [7, 11) is -6.33. The predicted octanol–water partition coefficient (Wildman–Crippen LogP) is 2.38. The van der Waals surface area contributed by atoms with Crippen LogP contribution in [0.15, 0.2) is 23.1 Å². The molecule has 1 aliphatic heterocycles. The molecule has 8 nitrogen and oxygen atoms in total. The Kier molecular flexibility index (Phi) is 9.35. The molecular formula is C21H29ClN3O5PS. The van der Waals surface area contributed by atoms with E-state index in [0.717, 1.165) is 18.9 Å². The number of sulfonamides is 1. The number of halogens is 1. The average Bonchev–Trinajstić information content (AvgIpc) is 2.70. The summed E-state index contributed by atoms with van der Waals surface area (Å²) in [6.07, 6.45) is 8.65. The molecule has 1 aromatic rings. The molecule has 0 radical (unpaired) electrons. The highest BCUT2D eigenvalue weighted by molar-refractivity contribution is 7.90. The summed E-state index contributed by atoms with van der Waals surface area (Å²) in [6, 6.07) is 3.05. The summed E-state index contributed by atoms with van der Waals surface area (Å²) in [4.78, 5) is 26.5. The summed E-state index contributed by atoms with van der Waals surface area (Å²) in [5.41, 5.74) is 0.112. The van der Waals surface area contributed by atoms with E-state index in [-0.39, 0.29) is 22.0 Å². The van der Waals surface area contributed by atoms with Gasteiger partial charge in [-0.3, -0.25) is 14.5 Å². The first-order chi connectivity index (χ1) is 14.9. The van der Waals surface area contributed by atoms with Crippen LogP contribution in [0.3, 0.4) is 0 Å². The molecule has 0 bridgehead atoms. The van der Waals surface area contributed by atoms with E-state index >= 15 is 0 Å². The molecule has 11 heteroatoms. The van der Waals surface area contributed by atoms with Crippen LogP contribution in [0, 0.1) is 12.3 Å². The third-order valence-electron chi connectivity index (χ3n) is 5.10. The van der Waals surface area contributed by atoms with Gasteiger partial charge in [0.25, 0.3) is 21.8 Å². The van der Waals surface area contributed by atoms with Gasteiger partial charge in [0.05, 0.1) is 35.2 Å². The van der Waals surface area contributed by atoms with Crippen molar-refractivity contribution in [3.05, 3.63) is 28.8 Å². The highest BCUT2D eigenvalue weighted by Crippen LogP contribution is 2.36. The minimum atomic E-state index is -4.17. The quantitative estimate of drug-likeness (QED) is 0.305. The van der Waals surface area contributed by atoms with Crippen molar-refractivity contribution in [2.24, 2.45) is 0 Å². The fourth-order valence-corrected chi connectivity index (χ4v) is 5.75. The number of carbonyl (C=O) groups is 2. The Bertz CT molecular complexity index is 1050. The summed E-state index contributed by atoms with van der Waals surface area (Å²) in [5.74, 6) is 1.40. The number of rotatable bonds is 9. The summed E-state index contributed by atoms with van der Waals surface area (Å²) >= 11 is 6.15. The van der Waals surface area contributed by atoms with E-state index < -0.39 is 35.0 Å². The molecule has 176 valence electrons. The molecule has 2 amide bonds. The first-order valence-electron chi connectivity index (χ1n) is 10.3. The number of benzene rings is 1. The van der Waals surface area contributed by atoms with Crippen molar-refractivity contribution in [3.63, 3.8) is 0 Å². The summed E-state index contributed by atoms with van der Waals surface area (Å²) < 4.78 is 39.2. The van der Waals surface area contributed by atoms with Gasteiger partial charge in [-0.1, -0.05) is 23.9 Å². The van der Waals surface area contributed by atoms with Crippen molar-refractivity contribution >= 4 is 40.6 Å². The first-order valence-corrected chi connectivity index (χ1v) is 15.0. The molecular weight excluding hydrogens is 473 g/mol. The number of nitrogens with zero attached hydrogens (tertiary/aromatic N) is 1. The Morgan fingerprint density at radius 2 is 2.03 bits per heavy atom. The van der Waals surface area contributed by atoms with Crippen LogP contribution in [0.5, 0.6) is 0 Å². The van der Waals surface area contributed by atoms with Crippen molar-refractivity contribution in [1.82, 2.24) is 14.9 Å². The van der Waals surface area contributed by atoms with E-state index in [0.29, 0.717) is 32.1 Å². The van der Waals surface area contributed by atoms with Crippen LogP contribution in [-0.4, -0.2) is 70.3 Å². The smallest absolute Gasteiger partial charge is 0.264 e. The largest absolute Gasteiger partial charge is 0.352 e.